The van der Waals surface area contributed by atoms with Crippen molar-refractivity contribution in [1.82, 2.24) is 0 Å². The Kier molecular flexibility index (Phi) is 3.85. The molecule has 0 fully saturated rings. The van der Waals surface area contributed by atoms with E-state index in [2.05, 4.69) is 10.2 Å². The number of hydrogen-bond donors (Lipinski definition) is 4. The highest BCUT2D eigenvalue weighted by molar-refractivity contribution is 5.87. The van der Waals surface area contributed by atoms with Crippen molar-refractivity contribution in [3.05, 3.63) is 47.5 Å². The Hall–Kier alpha value is -3.02. The molecule has 0 amide bonds. The van der Waals surface area contributed by atoms with Crippen LogP contribution in [0.3, 0.4) is 0 Å². The lowest BCUT2D eigenvalue weighted by molar-refractivity contribution is 0.403. The molecule has 0 atom stereocenters. The SMILES string of the molecule is Oc1cccc(/C=N/N=C/c2cccc(O)c2O)c1O. The number of aromatic hydroxyl groups is 4. The Labute approximate surface area is 114 Å². The fraction of sp³-hybridized carbons (Fsp3) is 0. The average molecular weight is 272 g/mol. The van der Waals surface area contributed by atoms with Crippen LogP contribution in [0.25, 0.3) is 0 Å². The fourth-order valence-corrected chi connectivity index (χ4v) is 1.50. The van der Waals surface area contributed by atoms with Crippen LogP contribution in [0, 0.1) is 0 Å². The third-order valence-electron chi connectivity index (χ3n) is 2.55. The molecule has 0 spiro atoms. The van der Waals surface area contributed by atoms with Crippen LogP contribution in [0.5, 0.6) is 23.0 Å². The zero-order valence-corrected chi connectivity index (χ0v) is 10.3. The smallest absolute Gasteiger partial charge is 0.166 e. The predicted molar refractivity (Wildman–Crippen MR) is 74.7 cm³/mol. The van der Waals surface area contributed by atoms with Crippen LogP contribution in [0.1, 0.15) is 11.1 Å². The quantitative estimate of drug-likeness (QED) is 0.389. The van der Waals surface area contributed by atoms with E-state index in [1.165, 1.54) is 24.6 Å². The second kappa shape index (κ2) is 5.75. The van der Waals surface area contributed by atoms with Crippen LogP contribution in [0.2, 0.25) is 0 Å². The number of rotatable bonds is 3. The molecule has 6 nitrogen and oxygen atoms in total. The topological polar surface area (TPSA) is 106 Å². The van der Waals surface area contributed by atoms with Crippen LogP contribution in [-0.4, -0.2) is 32.9 Å². The summed E-state index contributed by atoms with van der Waals surface area (Å²) in [6, 6.07) is 8.92. The lowest BCUT2D eigenvalue weighted by atomic mass is 10.2. The summed E-state index contributed by atoms with van der Waals surface area (Å²) in [5.74, 6) is -1.06. The summed E-state index contributed by atoms with van der Waals surface area (Å²) < 4.78 is 0. The summed E-state index contributed by atoms with van der Waals surface area (Å²) in [4.78, 5) is 0. The maximum Gasteiger partial charge on any atom is 0.166 e. The summed E-state index contributed by atoms with van der Waals surface area (Å²) >= 11 is 0. The van der Waals surface area contributed by atoms with Crippen molar-refractivity contribution in [2.24, 2.45) is 10.2 Å². The van der Waals surface area contributed by atoms with Crippen LogP contribution in [0.15, 0.2) is 46.6 Å². The molecule has 0 radical (unpaired) electrons. The first-order valence-corrected chi connectivity index (χ1v) is 5.68. The van der Waals surface area contributed by atoms with Gasteiger partial charge in [-0.25, -0.2) is 0 Å². The highest BCUT2D eigenvalue weighted by Gasteiger charge is 2.03. The number of benzene rings is 2. The summed E-state index contributed by atoms with van der Waals surface area (Å²) in [5.41, 5.74) is 0.615. The Morgan fingerprint density at radius 3 is 1.45 bits per heavy atom. The monoisotopic (exact) mass is 272 g/mol. The van der Waals surface area contributed by atoms with E-state index < -0.39 is 0 Å². The molecule has 2 rings (SSSR count). The number of hydrogen-bond acceptors (Lipinski definition) is 6. The van der Waals surface area contributed by atoms with E-state index in [0.29, 0.717) is 11.1 Å². The Balaban J connectivity index is 2.15. The summed E-state index contributed by atoms with van der Waals surface area (Å²) in [6.45, 7) is 0. The number of para-hydroxylation sites is 2. The van der Waals surface area contributed by atoms with E-state index in [9.17, 15) is 20.4 Å². The minimum Gasteiger partial charge on any atom is -0.504 e. The van der Waals surface area contributed by atoms with Crippen molar-refractivity contribution in [3.63, 3.8) is 0 Å². The van der Waals surface area contributed by atoms with E-state index in [-0.39, 0.29) is 23.0 Å². The van der Waals surface area contributed by atoms with Gasteiger partial charge in [0.1, 0.15) is 0 Å². The first-order chi connectivity index (χ1) is 9.59. The van der Waals surface area contributed by atoms with Crippen molar-refractivity contribution in [2.45, 2.75) is 0 Å². The van der Waals surface area contributed by atoms with Gasteiger partial charge in [0.15, 0.2) is 23.0 Å². The molecular weight excluding hydrogens is 260 g/mol. The van der Waals surface area contributed by atoms with Gasteiger partial charge in [-0.3, -0.25) is 0 Å². The highest BCUT2D eigenvalue weighted by Crippen LogP contribution is 2.27. The van der Waals surface area contributed by atoms with E-state index in [0.717, 1.165) is 0 Å². The van der Waals surface area contributed by atoms with E-state index >= 15 is 0 Å². The predicted octanol–water partition coefficient (Wildman–Crippen LogP) is 1.96. The van der Waals surface area contributed by atoms with Crippen LogP contribution < -0.4 is 0 Å². The first kappa shape index (κ1) is 13.4. The third-order valence-corrected chi connectivity index (χ3v) is 2.55. The largest absolute Gasteiger partial charge is 0.504 e. The summed E-state index contributed by atoms with van der Waals surface area (Å²) in [6.07, 6.45) is 2.51. The molecule has 0 saturated carbocycles. The average Bonchev–Trinajstić information content (AvgIpc) is 2.43. The Bertz CT molecular complexity index is 621. The maximum absolute atomic E-state index is 9.53. The van der Waals surface area contributed by atoms with Crippen molar-refractivity contribution in [1.29, 1.82) is 0 Å². The van der Waals surface area contributed by atoms with Crippen molar-refractivity contribution in [2.75, 3.05) is 0 Å². The highest BCUT2D eigenvalue weighted by atomic mass is 16.3. The molecule has 0 aliphatic heterocycles. The minimum atomic E-state index is -0.286. The first-order valence-electron chi connectivity index (χ1n) is 5.68. The molecule has 0 saturated heterocycles. The molecule has 102 valence electrons. The van der Waals surface area contributed by atoms with E-state index in [1.54, 1.807) is 24.3 Å². The van der Waals surface area contributed by atoms with Gasteiger partial charge in [-0.2, -0.15) is 10.2 Å². The van der Waals surface area contributed by atoms with Gasteiger partial charge < -0.3 is 20.4 Å². The van der Waals surface area contributed by atoms with E-state index in [4.69, 9.17) is 0 Å². The molecule has 4 N–H and O–H groups in total. The molecule has 2 aromatic rings. The van der Waals surface area contributed by atoms with Gasteiger partial charge in [0.05, 0.1) is 12.4 Å². The molecule has 0 unspecified atom stereocenters. The summed E-state index contributed by atoms with van der Waals surface area (Å²) in [5, 5.41) is 45.0. The Morgan fingerprint density at radius 2 is 1.05 bits per heavy atom. The van der Waals surface area contributed by atoms with Gasteiger partial charge in [0, 0.05) is 11.1 Å². The van der Waals surface area contributed by atoms with Crippen LogP contribution >= 0.6 is 0 Å². The van der Waals surface area contributed by atoms with Crippen molar-refractivity contribution >= 4 is 12.4 Å². The van der Waals surface area contributed by atoms with Gasteiger partial charge >= 0.3 is 0 Å². The number of nitrogens with zero attached hydrogens (tertiary/aromatic N) is 2. The lowest BCUT2D eigenvalue weighted by Crippen LogP contribution is -1.84. The molecule has 0 bridgehead atoms. The van der Waals surface area contributed by atoms with Gasteiger partial charge in [0.25, 0.3) is 0 Å². The maximum atomic E-state index is 9.53. The van der Waals surface area contributed by atoms with Gasteiger partial charge in [0.2, 0.25) is 0 Å². The molecule has 0 aliphatic carbocycles. The van der Waals surface area contributed by atoms with Gasteiger partial charge in [-0.05, 0) is 24.3 Å². The molecule has 2 aromatic carbocycles. The molecular formula is C14H12N2O4. The standard InChI is InChI=1S/C14H12N2O4/c17-11-5-1-3-9(13(11)19)7-15-16-8-10-4-2-6-12(18)14(10)20/h1-8,17-20H/b15-7+,16-8+. The van der Waals surface area contributed by atoms with Gasteiger partial charge in [-0.1, -0.05) is 12.1 Å². The molecule has 0 aliphatic rings. The molecule has 0 aromatic heterocycles. The fourth-order valence-electron chi connectivity index (χ4n) is 1.50. The molecule has 20 heavy (non-hydrogen) atoms. The molecule has 6 heteroatoms. The second-order valence-electron chi connectivity index (χ2n) is 3.92. The zero-order valence-electron chi connectivity index (χ0n) is 10.3. The van der Waals surface area contributed by atoms with Gasteiger partial charge in [-0.15, -0.1) is 0 Å². The molecule has 0 heterocycles. The van der Waals surface area contributed by atoms with Crippen molar-refractivity contribution in [3.8, 4) is 23.0 Å². The minimum absolute atomic E-state index is 0.247. The second-order valence-corrected chi connectivity index (χ2v) is 3.92. The van der Waals surface area contributed by atoms with Crippen molar-refractivity contribution < 1.29 is 20.4 Å². The van der Waals surface area contributed by atoms with Crippen LogP contribution in [0.4, 0.5) is 0 Å². The third kappa shape index (κ3) is 2.86. The zero-order chi connectivity index (χ0) is 14.5. The van der Waals surface area contributed by atoms with E-state index in [1.807, 2.05) is 0 Å². The van der Waals surface area contributed by atoms with Crippen LogP contribution in [-0.2, 0) is 0 Å². The number of phenols is 4. The lowest BCUT2D eigenvalue weighted by Gasteiger charge is -2.00. The number of phenolic OH excluding ortho intramolecular Hbond substituents is 4. The summed E-state index contributed by atoms with van der Waals surface area (Å²) in [7, 11) is 0. The Morgan fingerprint density at radius 1 is 0.650 bits per heavy atom. The normalized spacial score (nSPS) is 11.4.